The molecule has 0 saturated carbocycles. The number of benzene rings is 1. The molecule has 0 atom stereocenters. The number of carbonyl (C=O) groups excluding carboxylic acids is 1. The van der Waals surface area contributed by atoms with Gasteiger partial charge in [-0.2, -0.15) is 0 Å². The van der Waals surface area contributed by atoms with Gasteiger partial charge in [0.2, 0.25) is 5.91 Å². The number of ether oxygens (including phenoxy) is 2. The number of nitrogens with zero attached hydrogens (tertiary/aromatic N) is 1. The SMILES string of the molecule is COCCNC(=O)CN(C)Cc1cc(Cl)cc(OC)c1O. The number of aromatic hydroxyl groups is 1. The number of hydrogen-bond acceptors (Lipinski definition) is 5. The maximum atomic E-state index is 11.7. The Morgan fingerprint density at radius 2 is 2.14 bits per heavy atom. The predicted molar refractivity (Wildman–Crippen MR) is 80.9 cm³/mol. The normalized spacial score (nSPS) is 10.7. The predicted octanol–water partition coefficient (Wildman–Crippen LogP) is 1.25. The molecule has 0 fully saturated rings. The molecule has 7 heteroatoms. The molecule has 2 N–H and O–H groups in total. The first kappa shape index (κ1) is 17.6. The van der Waals surface area contributed by atoms with E-state index in [1.807, 2.05) is 0 Å². The summed E-state index contributed by atoms with van der Waals surface area (Å²) in [6.07, 6.45) is 0. The van der Waals surface area contributed by atoms with Gasteiger partial charge in [-0.3, -0.25) is 9.69 Å². The molecule has 1 aromatic carbocycles. The molecule has 0 saturated heterocycles. The van der Waals surface area contributed by atoms with Gasteiger partial charge in [0.15, 0.2) is 11.5 Å². The van der Waals surface area contributed by atoms with E-state index in [0.29, 0.717) is 36.0 Å². The van der Waals surface area contributed by atoms with Crippen molar-refractivity contribution in [2.45, 2.75) is 6.54 Å². The van der Waals surface area contributed by atoms with E-state index in [9.17, 15) is 9.90 Å². The van der Waals surface area contributed by atoms with Crippen LogP contribution in [-0.2, 0) is 16.1 Å². The summed E-state index contributed by atoms with van der Waals surface area (Å²) in [5.74, 6) is 0.243. The molecule has 0 radical (unpaired) electrons. The summed E-state index contributed by atoms with van der Waals surface area (Å²) in [6, 6.07) is 3.19. The fraction of sp³-hybridized carbons (Fsp3) is 0.500. The minimum atomic E-state index is -0.108. The van der Waals surface area contributed by atoms with Gasteiger partial charge in [-0.15, -0.1) is 0 Å². The number of hydrogen-bond donors (Lipinski definition) is 2. The lowest BCUT2D eigenvalue weighted by atomic mass is 10.1. The van der Waals surface area contributed by atoms with Crippen LogP contribution in [0.1, 0.15) is 5.56 Å². The third kappa shape index (κ3) is 5.79. The van der Waals surface area contributed by atoms with Gasteiger partial charge in [-0.1, -0.05) is 11.6 Å². The number of likely N-dealkylation sites (N-methyl/N-ethyl adjacent to an activating group) is 1. The van der Waals surface area contributed by atoms with Crippen LogP contribution in [0.2, 0.25) is 5.02 Å². The minimum Gasteiger partial charge on any atom is -0.504 e. The fourth-order valence-electron chi connectivity index (χ4n) is 1.84. The molecule has 0 aromatic heterocycles. The van der Waals surface area contributed by atoms with Gasteiger partial charge in [0.25, 0.3) is 0 Å². The lowest BCUT2D eigenvalue weighted by Crippen LogP contribution is -2.36. The monoisotopic (exact) mass is 316 g/mol. The van der Waals surface area contributed by atoms with E-state index < -0.39 is 0 Å². The number of amides is 1. The molecule has 21 heavy (non-hydrogen) atoms. The zero-order chi connectivity index (χ0) is 15.8. The average Bonchev–Trinajstić information content (AvgIpc) is 2.42. The van der Waals surface area contributed by atoms with Crippen LogP contribution >= 0.6 is 11.6 Å². The number of carbonyl (C=O) groups is 1. The highest BCUT2D eigenvalue weighted by Gasteiger charge is 2.13. The summed E-state index contributed by atoms with van der Waals surface area (Å²) < 4.78 is 9.91. The molecule has 1 rings (SSSR count). The van der Waals surface area contributed by atoms with Crippen LogP contribution in [0.25, 0.3) is 0 Å². The van der Waals surface area contributed by atoms with E-state index in [4.69, 9.17) is 21.1 Å². The Bertz CT molecular complexity index is 482. The molecular formula is C14H21ClN2O4. The number of halogens is 1. The highest BCUT2D eigenvalue weighted by Crippen LogP contribution is 2.33. The van der Waals surface area contributed by atoms with Crippen molar-refractivity contribution in [2.75, 3.05) is 41.0 Å². The minimum absolute atomic E-state index is 0.0357. The lowest BCUT2D eigenvalue weighted by Gasteiger charge is -2.18. The van der Waals surface area contributed by atoms with E-state index in [2.05, 4.69) is 5.32 Å². The van der Waals surface area contributed by atoms with Gasteiger partial charge in [0.05, 0.1) is 20.3 Å². The third-order valence-corrected chi connectivity index (χ3v) is 3.04. The number of phenols is 1. The van der Waals surface area contributed by atoms with Crippen LogP contribution in [0.15, 0.2) is 12.1 Å². The zero-order valence-corrected chi connectivity index (χ0v) is 13.2. The molecular weight excluding hydrogens is 296 g/mol. The molecule has 0 heterocycles. The van der Waals surface area contributed by atoms with Crippen molar-refractivity contribution in [3.8, 4) is 11.5 Å². The first-order chi connectivity index (χ1) is 9.97. The van der Waals surface area contributed by atoms with Gasteiger partial charge in [-0.05, 0) is 13.1 Å². The van der Waals surface area contributed by atoms with Gasteiger partial charge >= 0.3 is 0 Å². The largest absolute Gasteiger partial charge is 0.504 e. The molecule has 0 aliphatic heterocycles. The highest BCUT2D eigenvalue weighted by molar-refractivity contribution is 6.30. The third-order valence-electron chi connectivity index (χ3n) is 2.82. The maximum absolute atomic E-state index is 11.7. The molecule has 0 unspecified atom stereocenters. The van der Waals surface area contributed by atoms with Gasteiger partial charge < -0.3 is 19.9 Å². The highest BCUT2D eigenvalue weighted by atomic mass is 35.5. The smallest absolute Gasteiger partial charge is 0.234 e. The summed E-state index contributed by atoms with van der Waals surface area (Å²) in [5, 5.41) is 13.2. The second-order valence-electron chi connectivity index (χ2n) is 4.63. The summed E-state index contributed by atoms with van der Waals surface area (Å²) in [4.78, 5) is 13.4. The molecule has 1 aromatic rings. The van der Waals surface area contributed by atoms with Crippen molar-refractivity contribution < 1.29 is 19.4 Å². The van der Waals surface area contributed by atoms with Crippen molar-refractivity contribution >= 4 is 17.5 Å². The van der Waals surface area contributed by atoms with Crippen molar-refractivity contribution in [3.63, 3.8) is 0 Å². The second-order valence-corrected chi connectivity index (χ2v) is 5.07. The molecule has 0 bridgehead atoms. The second kappa shape index (κ2) is 8.71. The van der Waals surface area contributed by atoms with Crippen LogP contribution in [-0.4, -0.2) is 56.9 Å². The Morgan fingerprint density at radius 1 is 1.43 bits per heavy atom. The van der Waals surface area contributed by atoms with Crippen LogP contribution in [0.4, 0.5) is 0 Å². The van der Waals surface area contributed by atoms with E-state index in [0.717, 1.165) is 0 Å². The topological polar surface area (TPSA) is 71.0 Å². The van der Waals surface area contributed by atoms with Crippen LogP contribution in [0.5, 0.6) is 11.5 Å². The number of rotatable bonds is 8. The van der Waals surface area contributed by atoms with E-state index in [1.54, 1.807) is 25.1 Å². The Kier molecular flexibility index (Phi) is 7.28. The average molecular weight is 317 g/mol. The first-order valence-electron chi connectivity index (χ1n) is 6.47. The van der Waals surface area contributed by atoms with Crippen molar-refractivity contribution in [1.29, 1.82) is 0 Å². The van der Waals surface area contributed by atoms with E-state index in [-0.39, 0.29) is 18.2 Å². The first-order valence-corrected chi connectivity index (χ1v) is 6.85. The Balaban J connectivity index is 2.60. The van der Waals surface area contributed by atoms with Crippen molar-refractivity contribution in [1.82, 2.24) is 10.2 Å². The zero-order valence-electron chi connectivity index (χ0n) is 12.5. The summed E-state index contributed by atoms with van der Waals surface area (Å²) in [7, 11) is 4.82. The molecule has 0 aliphatic rings. The maximum Gasteiger partial charge on any atom is 0.234 e. The Labute approximate surface area is 129 Å². The Hall–Kier alpha value is -1.50. The summed E-state index contributed by atoms with van der Waals surface area (Å²) >= 11 is 5.97. The molecule has 1 amide bonds. The van der Waals surface area contributed by atoms with Crippen LogP contribution < -0.4 is 10.1 Å². The fourth-order valence-corrected chi connectivity index (χ4v) is 2.08. The molecule has 0 spiro atoms. The quantitative estimate of drug-likeness (QED) is 0.706. The number of methoxy groups -OCH3 is 2. The molecule has 0 aliphatic carbocycles. The van der Waals surface area contributed by atoms with Crippen LogP contribution in [0, 0.1) is 0 Å². The van der Waals surface area contributed by atoms with Crippen molar-refractivity contribution in [3.05, 3.63) is 22.7 Å². The summed E-state index contributed by atoms with van der Waals surface area (Å²) in [5.41, 5.74) is 0.603. The van der Waals surface area contributed by atoms with Gasteiger partial charge in [-0.25, -0.2) is 0 Å². The molecule has 6 nitrogen and oxygen atoms in total. The van der Waals surface area contributed by atoms with E-state index >= 15 is 0 Å². The standard InChI is InChI=1S/C14H21ClN2O4/c1-17(9-13(18)16-4-5-20-2)8-10-6-11(15)7-12(21-3)14(10)19/h6-7,19H,4-5,8-9H2,1-3H3,(H,16,18). The van der Waals surface area contributed by atoms with Crippen LogP contribution in [0.3, 0.4) is 0 Å². The molecule has 118 valence electrons. The van der Waals surface area contributed by atoms with Gasteiger partial charge in [0, 0.05) is 36.9 Å². The number of nitrogens with one attached hydrogen (secondary N) is 1. The van der Waals surface area contributed by atoms with Gasteiger partial charge in [0.1, 0.15) is 0 Å². The Morgan fingerprint density at radius 3 is 2.76 bits per heavy atom. The summed E-state index contributed by atoms with van der Waals surface area (Å²) in [6.45, 7) is 1.53. The van der Waals surface area contributed by atoms with Crippen molar-refractivity contribution in [2.24, 2.45) is 0 Å². The number of phenolic OH excluding ortho intramolecular Hbond substituents is 1. The lowest BCUT2D eigenvalue weighted by molar-refractivity contribution is -0.122. The van der Waals surface area contributed by atoms with E-state index in [1.165, 1.54) is 13.2 Å².